The molecule has 2 unspecified atom stereocenters. The van der Waals surface area contributed by atoms with Gasteiger partial charge in [-0.05, 0) is 33.1 Å². The van der Waals surface area contributed by atoms with Crippen LogP contribution in [0.1, 0.15) is 46.5 Å². The molecule has 17 heavy (non-hydrogen) atoms. The molecule has 1 heterocycles. The van der Waals surface area contributed by atoms with Crippen molar-refractivity contribution < 1.29 is 14.6 Å². The van der Waals surface area contributed by atoms with Crippen LogP contribution >= 0.6 is 0 Å². The topological polar surface area (TPSA) is 49.8 Å². The standard InChI is InChI=1S/C13H25NO3/c1-4-5-12-8-11(6-7-17-12)14(10(2)3)9-13(15)16/h10-12H,4-9H2,1-3H3,(H,15,16). The maximum Gasteiger partial charge on any atom is 0.317 e. The van der Waals surface area contributed by atoms with E-state index in [2.05, 4.69) is 25.7 Å². The van der Waals surface area contributed by atoms with Crippen LogP contribution < -0.4 is 0 Å². The van der Waals surface area contributed by atoms with E-state index in [1.165, 1.54) is 0 Å². The van der Waals surface area contributed by atoms with E-state index in [-0.39, 0.29) is 12.6 Å². The second-order valence-electron chi connectivity index (χ2n) is 5.12. The molecule has 2 atom stereocenters. The number of ether oxygens (including phenoxy) is 1. The smallest absolute Gasteiger partial charge is 0.317 e. The molecule has 1 saturated heterocycles. The Hall–Kier alpha value is -0.610. The zero-order valence-electron chi connectivity index (χ0n) is 11.2. The largest absolute Gasteiger partial charge is 0.480 e. The van der Waals surface area contributed by atoms with Crippen LogP contribution in [0.3, 0.4) is 0 Å². The van der Waals surface area contributed by atoms with Gasteiger partial charge in [0.15, 0.2) is 0 Å². The molecular weight excluding hydrogens is 218 g/mol. The summed E-state index contributed by atoms with van der Waals surface area (Å²) in [4.78, 5) is 13.0. The van der Waals surface area contributed by atoms with E-state index in [1.54, 1.807) is 0 Å². The summed E-state index contributed by atoms with van der Waals surface area (Å²) in [6.07, 6.45) is 4.44. The van der Waals surface area contributed by atoms with Crippen molar-refractivity contribution >= 4 is 5.97 Å². The number of hydrogen-bond acceptors (Lipinski definition) is 3. The van der Waals surface area contributed by atoms with E-state index in [9.17, 15) is 4.79 Å². The van der Waals surface area contributed by atoms with E-state index >= 15 is 0 Å². The van der Waals surface area contributed by atoms with Gasteiger partial charge in [-0.25, -0.2) is 0 Å². The molecule has 4 nitrogen and oxygen atoms in total. The lowest BCUT2D eigenvalue weighted by molar-refractivity contribution is -0.140. The summed E-state index contributed by atoms with van der Waals surface area (Å²) in [6, 6.07) is 0.632. The Bertz CT molecular complexity index is 241. The molecule has 0 spiro atoms. The molecule has 100 valence electrons. The Labute approximate surface area is 104 Å². The second-order valence-corrected chi connectivity index (χ2v) is 5.12. The summed E-state index contributed by atoms with van der Waals surface area (Å²) in [5, 5.41) is 8.96. The lowest BCUT2D eigenvalue weighted by Gasteiger charge is -2.39. The Morgan fingerprint density at radius 1 is 1.53 bits per heavy atom. The molecule has 1 aliphatic heterocycles. The van der Waals surface area contributed by atoms with Crippen molar-refractivity contribution in [2.75, 3.05) is 13.2 Å². The zero-order valence-corrected chi connectivity index (χ0v) is 11.2. The third-order valence-corrected chi connectivity index (χ3v) is 3.40. The summed E-state index contributed by atoms with van der Waals surface area (Å²) in [5.74, 6) is -0.739. The highest BCUT2D eigenvalue weighted by Gasteiger charge is 2.29. The highest BCUT2D eigenvalue weighted by molar-refractivity contribution is 5.69. The van der Waals surface area contributed by atoms with Crippen LogP contribution in [-0.4, -0.2) is 47.3 Å². The van der Waals surface area contributed by atoms with Gasteiger partial charge in [-0.15, -0.1) is 0 Å². The monoisotopic (exact) mass is 243 g/mol. The van der Waals surface area contributed by atoms with Gasteiger partial charge in [0.1, 0.15) is 0 Å². The first-order valence-electron chi connectivity index (χ1n) is 6.63. The van der Waals surface area contributed by atoms with Crippen LogP contribution in [0.4, 0.5) is 0 Å². The van der Waals surface area contributed by atoms with Crippen molar-refractivity contribution in [1.29, 1.82) is 0 Å². The first-order valence-corrected chi connectivity index (χ1v) is 6.63. The molecule has 0 amide bonds. The Morgan fingerprint density at radius 3 is 2.76 bits per heavy atom. The molecule has 0 bridgehead atoms. The number of carboxylic acids is 1. The molecule has 0 aromatic carbocycles. The molecule has 4 heteroatoms. The number of hydrogen-bond donors (Lipinski definition) is 1. The number of rotatable bonds is 6. The molecule has 1 rings (SSSR count). The third kappa shape index (κ3) is 4.64. The van der Waals surface area contributed by atoms with Gasteiger partial charge in [0.05, 0.1) is 12.6 Å². The normalized spacial score (nSPS) is 25.5. The fraction of sp³-hybridized carbons (Fsp3) is 0.923. The van der Waals surface area contributed by atoms with Crippen molar-refractivity contribution in [1.82, 2.24) is 4.90 Å². The average Bonchev–Trinajstić information content (AvgIpc) is 2.26. The van der Waals surface area contributed by atoms with E-state index in [0.29, 0.717) is 12.1 Å². The molecule has 1 fully saturated rings. The molecule has 0 aromatic heterocycles. The maximum atomic E-state index is 10.9. The first-order chi connectivity index (χ1) is 8.04. The lowest BCUT2D eigenvalue weighted by Crippen LogP contribution is -2.47. The number of nitrogens with zero attached hydrogens (tertiary/aromatic N) is 1. The van der Waals surface area contributed by atoms with Gasteiger partial charge in [-0.3, -0.25) is 9.69 Å². The quantitative estimate of drug-likeness (QED) is 0.776. The minimum Gasteiger partial charge on any atom is -0.480 e. The van der Waals surface area contributed by atoms with Crippen LogP contribution in [-0.2, 0) is 9.53 Å². The predicted molar refractivity (Wildman–Crippen MR) is 67.1 cm³/mol. The average molecular weight is 243 g/mol. The van der Waals surface area contributed by atoms with Gasteiger partial charge in [0, 0.05) is 18.7 Å². The van der Waals surface area contributed by atoms with E-state index in [0.717, 1.165) is 32.3 Å². The molecule has 1 N–H and O–H groups in total. The Morgan fingerprint density at radius 2 is 2.24 bits per heavy atom. The minimum absolute atomic E-state index is 0.140. The van der Waals surface area contributed by atoms with Crippen molar-refractivity contribution in [2.24, 2.45) is 0 Å². The van der Waals surface area contributed by atoms with E-state index in [1.807, 2.05) is 0 Å². The SMILES string of the molecule is CCCC1CC(N(CC(=O)O)C(C)C)CCO1. The molecule has 0 aromatic rings. The number of carbonyl (C=O) groups is 1. The highest BCUT2D eigenvalue weighted by atomic mass is 16.5. The fourth-order valence-corrected chi connectivity index (χ4v) is 2.57. The molecule has 0 aliphatic carbocycles. The number of aliphatic carboxylic acids is 1. The third-order valence-electron chi connectivity index (χ3n) is 3.40. The van der Waals surface area contributed by atoms with E-state index in [4.69, 9.17) is 9.84 Å². The predicted octanol–water partition coefficient (Wildman–Crippen LogP) is 2.13. The summed E-state index contributed by atoms with van der Waals surface area (Å²) in [7, 11) is 0. The maximum absolute atomic E-state index is 10.9. The summed E-state index contributed by atoms with van der Waals surface area (Å²) in [5.41, 5.74) is 0. The minimum atomic E-state index is -0.739. The molecule has 0 radical (unpaired) electrons. The second kappa shape index (κ2) is 6.97. The number of carboxylic acid groups (broad SMARTS) is 1. The zero-order chi connectivity index (χ0) is 12.8. The van der Waals surface area contributed by atoms with Crippen molar-refractivity contribution in [3.63, 3.8) is 0 Å². The fourth-order valence-electron chi connectivity index (χ4n) is 2.57. The molecule has 1 aliphatic rings. The van der Waals surface area contributed by atoms with Crippen LogP contribution in [0.15, 0.2) is 0 Å². The van der Waals surface area contributed by atoms with Gasteiger partial charge < -0.3 is 9.84 Å². The first kappa shape index (κ1) is 14.5. The van der Waals surface area contributed by atoms with Crippen LogP contribution in [0.25, 0.3) is 0 Å². The van der Waals surface area contributed by atoms with Crippen LogP contribution in [0.5, 0.6) is 0 Å². The molecule has 0 saturated carbocycles. The Balaban J connectivity index is 2.57. The van der Waals surface area contributed by atoms with Crippen molar-refractivity contribution in [3.8, 4) is 0 Å². The van der Waals surface area contributed by atoms with Gasteiger partial charge in [-0.1, -0.05) is 13.3 Å². The van der Waals surface area contributed by atoms with Crippen LogP contribution in [0, 0.1) is 0 Å². The summed E-state index contributed by atoms with van der Waals surface area (Å²) >= 11 is 0. The van der Waals surface area contributed by atoms with Gasteiger partial charge in [0.2, 0.25) is 0 Å². The van der Waals surface area contributed by atoms with E-state index < -0.39 is 5.97 Å². The van der Waals surface area contributed by atoms with Gasteiger partial charge in [-0.2, -0.15) is 0 Å². The summed E-state index contributed by atoms with van der Waals surface area (Å²) in [6.45, 7) is 7.18. The summed E-state index contributed by atoms with van der Waals surface area (Å²) < 4.78 is 5.71. The Kier molecular flexibility index (Phi) is 5.92. The molecular formula is C13H25NO3. The van der Waals surface area contributed by atoms with Crippen molar-refractivity contribution in [2.45, 2.75) is 64.6 Å². The van der Waals surface area contributed by atoms with Crippen LogP contribution in [0.2, 0.25) is 0 Å². The highest BCUT2D eigenvalue weighted by Crippen LogP contribution is 2.23. The van der Waals surface area contributed by atoms with Gasteiger partial charge in [0.25, 0.3) is 0 Å². The van der Waals surface area contributed by atoms with Crippen molar-refractivity contribution in [3.05, 3.63) is 0 Å². The lowest BCUT2D eigenvalue weighted by atomic mass is 9.97. The van der Waals surface area contributed by atoms with Gasteiger partial charge >= 0.3 is 5.97 Å².